The summed E-state index contributed by atoms with van der Waals surface area (Å²) in [5.41, 5.74) is 0.0596. The van der Waals surface area contributed by atoms with Crippen molar-refractivity contribution in [2.24, 2.45) is 0 Å². The van der Waals surface area contributed by atoms with E-state index < -0.39 is 0 Å². The highest BCUT2D eigenvalue weighted by Crippen LogP contribution is 2.25. The average Bonchev–Trinajstić information content (AvgIpc) is 2.32. The van der Waals surface area contributed by atoms with Gasteiger partial charge in [0.15, 0.2) is 0 Å². The van der Waals surface area contributed by atoms with Gasteiger partial charge in [0.2, 0.25) is 11.8 Å². The van der Waals surface area contributed by atoms with Crippen molar-refractivity contribution in [1.29, 1.82) is 0 Å². The molecule has 0 bridgehead atoms. The first kappa shape index (κ1) is 12.6. The highest BCUT2D eigenvalue weighted by molar-refractivity contribution is 9.10. The molecule has 1 aliphatic rings. The first-order valence-electron chi connectivity index (χ1n) is 5.68. The van der Waals surface area contributed by atoms with Gasteiger partial charge in [0.1, 0.15) is 0 Å². The van der Waals surface area contributed by atoms with Crippen molar-refractivity contribution in [2.45, 2.75) is 25.3 Å². The van der Waals surface area contributed by atoms with E-state index in [2.05, 4.69) is 43.5 Å². The van der Waals surface area contributed by atoms with Crippen molar-refractivity contribution in [2.75, 3.05) is 25.5 Å². The molecule has 6 heteroatoms. The van der Waals surface area contributed by atoms with Gasteiger partial charge in [-0.1, -0.05) is 0 Å². The molecule has 1 aliphatic heterocycles. The zero-order chi connectivity index (χ0) is 12.3. The molecule has 1 aromatic rings. The maximum atomic E-state index is 5.16. The summed E-state index contributed by atoms with van der Waals surface area (Å²) in [6.45, 7) is 4.25. The summed E-state index contributed by atoms with van der Waals surface area (Å²) >= 11 is 3.34. The van der Waals surface area contributed by atoms with Gasteiger partial charge >= 0.3 is 0 Å². The van der Waals surface area contributed by atoms with Gasteiger partial charge < -0.3 is 15.4 Å². The van der Waals surface area contributed by atoms with E-state index in [1.807, 2.05) is 0 Å². The van der Waals surface area contributed by atoms with Crippen LogP contribution in [0.5, 0.6) is 5.88 Å². The fourth-order valence-electron chi connectivity index (χ4n) is 1.93. The van der Waals surface area contributed by atoms with Crippen molar-refractivity contribution in [1.82, 2.24) is 15.3 Å². The fraction of sp³-hybridized carbons (Fsp3) is 0.636. The van der Waals surface area contributed by atoms with Crippen LogP contribution in [-0.2, 0) is 0 Å². The lowest BCUT2D eigenvalue weighted by Gasteiger charge is -2.34. The molecule has 94 valence electrons. The largest absolute Gasteiger partial charge is 0.480 e. The molecule has 1 aromatic heterocycles. The molecule has 0 radical (unpaired) electrons. The number of nitrogens with zero attached hydrogens (tertiary/aromatic N) is 2. The van der Waals surface area contributed by atoms with Crippen LogP contribution in [0.1, 0.15) is 19.8 Å². The number of halogens is 1. The Morgan fingerprint density at radius 3 is 2.82 bits per heavy atom. The third-order valence-corrected chi connectivity index (χ3v) is 3.57. The van der Waals surface area contributed by atoms with E-state index in [0.29, 0.717) is 11.8 Å². The van der Waals surface area contributed by atoms with Crippen LogP contribution in [0.2, 0.25) is 0 Å². The van der Waals surface area contributed by atoms with E-state index in [1.54, 1.807) is 13.3 Å². The summed E-state index contributed by atoms with van der Waals surface area (Å²) in [5.74, 6) is 1.18. The van der Waals surface area contributed by atoms with E-state index in [1.165, 1.54) is 0 Å². The Morgan fingerprint density at radius 1 is 1.47 bits per heavy atom. The molecule has 0 spiro atoms. The van der Waals surface area contributed by atoms with Gasteiger partial charge in [-0.05, 0) is 48.8 Å². The van der Waals surface area contributed by atoms with Gasteiger partial charge in [0.25, 0.3) is 0 Å². The number of hydrogen-bond donors (Lipinski definition) is 2. The highest BCUT2D eigenvalue weighted by Gasteiger charge is 2.27. The lowest BCUT2D eigenvalue weighted by atomic mass is 9.91. The predicted octanol–water partition coefficient (Wildman–Crippen LogP) is 1.80. The zero-order valence-electron chi connectivity index (χ0n) is 10.1. The van der Waals surface area contributed by atoms with Crippen LogP contribution in [0.3, 0.4) is 0 Å². The zero-order valence-corrected chi connectivity index (χ0v) is 11.7. The Labute approximate surface area is 110 Å². The van der Waals surface area contributed by atoms with Gasteiger partial charge in [-0.2, -0.15) is 4.98 Å². The van der Waals surface area contributed by atoms with E-state index in [0.717, 1.165) is 30.4 Å². The molecule has 0 atom stereocenters. The summed E-state index contributed by atoms with van der Waals surface area (Å²) in [4.78, 5) is 8.58. The summed E-state index contributed by atoms with van der Waals surface area (Å²) in [5, 5.41) is 6.74. The monoisotopic (exact) mass is 300 g/mol. The Bertz CT molecular complexity index is 393. The number of aromatic nitrogens is 2. The van der Waals surface area contributed by atoms with Crippen molar-refractivity contribution < 1.29 is 4.74 Å². The van der Waals surface area contributed by atoms with Crippen molar-refractivity contribution in [3.05, 3.63) is 10.7 Å². The molecule has 17 heavy (non-hydrogen) atoms. The summed E-state index contributed by atoms with van der Waals surface area (Å²) in [6, 6.07) is 0. The van der Waals surface area contributed by atoms with Crippen LogP contribution in [-0.4, -0.2) is 35.7 Å². The normalized spacial score (nSPS) is 18.8. The van der Waals surface area contributed by atoms with E-state index >= 15 is 0 Å². The average molecular weight is 301 g/mol. The molecule has 1 saturated heterocycles. The summed E-state index contributed by atoms with van der Waals surface area (Å²) in [7, 11) is 1.60. The maximum absolute atomic E-state index is 5.16. The second kappa shape index (κ2) is 5.18. The SMILES string of the molecule is COc1nc(NC2(C)CCNCC2)ncc1Br. The number of anilines is 1. The van der Waals surface area contributed by atoms with Gasteiger partial charge in [-0.15, -0.1) is 0 Å². The molecule has 0 saturated carbocycles. The van der Waals surface area contributed by atoms with E-state index in [4.69, 9.17) is 4.74 Å². The fourth-order valence-corrected chi connectivity index (χ4v) is 2.28. The van der Waals surface area contributed by atoms with E-state index in [9.17, 15) is 0 Å². The first-order valence-corrected chi connectivity index (χ1v) is 6.48. The minimum atomic E-state index is 0.0596. The molecule has 0 amide bonds. The number of nitrogens with one attached hydrogen (secondary N) is 2. The molecular formula is C11H17BrN4O. The van der Waals surface area contributed by atoms with Gasteiger partial charge in [-0.25, -0.2) is 4.98 Å². The van der Waals surface area contributed by atoms with Crippen molar-refractivity contribution in [3.63, 3.8) is 0 Å². The van der Waals surface area contributed by atoms with Gasteiger partial charge in [0, 0.05) is 5.54 Å². The third kappa shape index (κ3) is 3.07. The maximum Gasteiger partial charge on any atom is 0.232 e. The molecule has 1 fully saturated rings. The molecule has 2 N–H and O–H groups in total. The second-order valence-corrected chi connectivity index (χ2v) is 5.34. The number of methoxy groups -OCH3 is 1. The third-order valence-electron chi connectivity index (χ3n) is 3.03. The quantitative estimate of drug-likeness (QED) is 0.891. The second-order valence-electron chi connectivity index (χ2n) is 4.49. The smallest absolute Gasteiger partial charge is 0.232 e. The van der Waals surface area contributed by atoms with Gasteiger partial charge in [0.05, 0.1) is 17.8 Å². The van der Waals surface area contributed by atoms with Crippen LogP contribution in [0.25, 0.3) is 0 Å². The Kier molecular flexibility index (Phi) is 3.83. The topological polar surface area (TPSA) is 59.1 Å². The van der Waals surface area contributed by atoms with Gasteiger partial charge in [-0.3, -0.25) is 0 Å². The van der Waals surface area contributed by atoms with Crippen molar-refractivity contribution >= 4 is 21.9 Å². The Morgan fingerprint density at radius 2 is 2.18 bits per heavy atom. The molecule has 2 rings (SSSR count). The van der Waals surface area contributed by atoms with Crippen LogP contribution in [0.15, 0.2) is 10.7 Å². The molecule has 0 aromatic carbocycles. The van der Waals surface area contributed by atoms with Crippen molar-refractivity contribution in [3.8, 4) is 5.88 Å². The lowest BCUT2D eigenvalue weighted by Crippen LogP contribution is -2.45. The minimum Gasteiger partial charge on any atom is -0.480 e. The number of rotatable bonds is 3. The molecule has 2 heterocycles. The van der Waals surface area contributed by atoms with Crippen LogP contribution in [0.4, 0.5) is 5.95 Å². The number of piperidine rings is 1. The summed E-state index contributed by atoms with van der Waals surface area (Å²) in [6.07, 6.45) is 3.84. The lowest BCUT2D eigenvalue weighted by molar-refractivity contribution is 0.360. The minimum absolute atomic E-state index is 0.0596. The molecular weight excluding hydrogens is 284 g/mol. The summed E-state index contributed by atoms with van der Waals surface area (Å²) < 4.78 is 5.92. The van der Waals surface area contributed by atoms with Crippen LogP contribution >= 0.6 is 15.9 Å². The Hall–Kier alpha value is -0.880. The number of ether oxygens (including phenoxy) is 1. The highest BCUT2D eigenvalue weighted by atomic mass is 79.9. The Balaban J connectivity index is 2.12. The number of hydrogen-bond acceptors (Lipinski definition) is 5. The standard InChI is InChI=1S/C11H17BrN4O/c1-11(3-5-13-6-4-11)16-10-14-7-8(12)9(15-10)17-2/h7,13H,3-6H2,1-2H3,(H,14,15,16). The molecule has 5 nitrogen and oxygen atoms in total. The molecule has 0 aliphatic carbocycles. The van der Waals surface area contributed by atoms with Crippen LogP contribution < -0.4 is 15.4 Å². The predicted molar refractivity (Wildman–Crippen MR) is 70.4 cm³/mol. The van der Waals surface area contributed by atoms with Crippen LogP contribution in [0, 0.1) is 0 Å². The first-order chi connectivity index (χ1) is 8.13. The molecule has 0 unspecified atom stereocenters. The van der Waals surface area contributed by atoms with E-state index in [-0.39, 0.29) is 5.54 Å².